The van der Waals surface area contributed by atoms with Gasteiger partial charge in [-0.1, -0.05) is 6.07 Å². The molecule has 49 heavy (non-hydrogen) atoms. The Morgan fingerprint density at radius 3 is 1.84 bits per heavy atom. The molecule has 1 unspecified atom stereocenters. The van der Waals surface area contributed by atoms with Crippen LogP contribution in [0.25, 0.3) is 16.9 Å². The molecule has 5 heterocycles. The summed E-state index contributed by atoms with van der Waals surface area (Å²) < 4.78 is 97.4. The highest BCUT2D eigenvalue weighted by Gasteiger charge is 2.39. The van der Waals surface area contributed by atoms with Gasteiger partial charge in [-0.2, -0.15) is 39.5 Å². The molecular weight excluding hydrogens is 707 g/mol. The summed E-state index contributed by atoms with van der Waals surface area (Å²) in [4.78, 5) is 45.1. The van der Waals surface area contributed by atoms with Crippen LogP contribution in [0.1, 0.15) is 16.7 Å². The number of imidazole rings is 1. The number of likely N-dealkylation sites (N-methyl/N-ethyl adjacent to an activating group) is 1. The van der Waals surface area contributed by atoms with Gasteiger partial charge in [0.05, 0.1) is 24.0 Å². The van der Waals surface area contributed by atoms with Crippen LogP contribution in [0.2, 0.25) is 0 Å². The highest BCUT2D eigenvalue weighted by Crippen LogP contribution is 2.28. The van der Waals surface area contributed by atoms with E-state index in [1.807, 2.05) is 36.1 Å². The first-order chi connectivity index (χ1) is 22.6. The quantitative estimate of drug-likeness (QED) is 0.236. The third-order valence-electron chi connectivity index (χ3n) is 6.13. The van der Waals surface area contributed by atoms with Crippen molar-refractivity contribution in [3.8, 4) is 11.3 Å². The Bertz CT molecular complexity index is 1610. The molecule has 1 aliphatic heterocycles. The number of carboxylic acids is 3. The summed E-state index contributed by atoms with van der Waals surface area (Å²) in [6.07, 6.45) is -7.51. The van der Waals surface area contributed by atoms with Crippen molar-refractivity contribution in [2.45, 2.75) is 31.1 Å². The van der Waals surface area contributed by atoms with E-state index in [4.69, 9.17) is 34.7 Å². The Balaban J connectivity index is 0.000000325. The second-order valence-corrected chi connectivity index (χ2v) is 10.6. The molecule has 0 radical (unpaired) electrons. The maximum absolute atomic E-state index is 10.6. The molecule has 0 amide bonds. The van der Waals surface area contributed by atoms with Crippen molar-refractivity contribution in [2.24, 2.45) is 0 Å². The molecule has 0 spiro atoms. The Morgan fingerprint density at radius 1 is 0.837 bits per heavy atom. The van der Waals surface area contributed by atoms with Crippen molar-refractivity contribution in [1.29, 1.82) is 0 Å². The molecule has 268 valence electrons. The number of hydrogen-bond donors (Lipinski definition) is 3. The van der Waals surface area contributed by atoms with Gasteiger partial charge in [0.1, 0.15) is 10.7 Å². The maximum atomic E-state index is 10.6. The fourth-order valence-electron chi connectivity index (χ4n) is 3.86. The normalized spacial score (nSPS) is 15.5. The number of carbonyl (C=O) groups is 3. The SMILES string of the molecule is CN1CCN(Cc2nccs2)CC1c1cn2c(-c3ccncc3)cccc2n1.O=C(O)C(F)(F)F.O=C(O)C(F)(F)F.O=C(O)C(F)(F)F. The van der Waals surface area contributed by atoms with Crippen molar-refractivity contribution in [2.75, 3.05) is 26.7 Å². The van der Waals surface area contributed by atoms with Crippen molar-refractivity contribution in [3.05, 3.63) is 71.2 Å². The van der Waals surface area contributed by atoms with E-state index in [1.165, 1.54) is 5.01 Å². The van der Waals surface area contributed by atoms with Gasteiger partial charge in [0.2, 0.25) is 0 Å². The molecule has 0 aliphatic carbocycles. The number of thiazole rings is 1. The lowest BCUT2D eigenvalue weighted by Crippen LogP contribution is -2.46. The van der Waals surface area contributed by atoms with E-state index in [0.717, 1.165) is 48.8 Å². The predicted octanol–water partition coefficient (Wildman–Crippen LogP) is 5.24. The van der Waals surface area contributed by atoms with Gasteiger partial charge >= 0.3 is 36.4 Å². The number of halogens is 9. The van der Waals surface area contributed by atoms with E-state index < -0.39 is 36.4 Å². The molecule has 0 aromatic carbocycles. The number of pyridine rings is 2. The number of hydrogen-bond acceptors (Lipinski definition) is 9. The van der Waals surface area contributed by atoms with Crippen molar-refractivity contribution < 1.29 is 69.2 Å². The van der Waals surface area contributed by atoms with Crippen molar-refractivity contribution in [1.82, 2.24) is 29.2 Å². The number of aliphatic carboxylic acids is 3. The lowest BCUT2D eigenvalue weighted by Gasteiger charge is -2.38. The van der Waals surface area contributed by atoms with Gasteiger partial charge in [0.15, 0.2) is 0 Å². The van der Waals surface area contributed by atoms with Gasteiger partial charge in [0, 0.05) is 55.4 Å². The first kappa shape index (κ1) is 40.3. The van der Waals surface area contributed by atoms with Gasteiger partial charge in [-0.05, 0) is 31.3 Å². The summed E-state index contributed by atoms with van der Waals surface area (Å²) in [5.74, 6) is -8.27. The lowest BCUT2D eigenvalue weighted by molar-refractivity contribution is -0.193. The van der Waals surface area contributed by atoms with E-state index in [0.29, 0.717) is 0 Å². The summed E-state index contributed by atoms with van der Waals surface area (Å²) in [5, 5.41) is 24.6. The van der Waals surface area contributed by atoms with E-state index in [2.05, 4.69) is 55.6 Å². The van der Waals surface area contributed by atoms with Crippen LogP contribution in [0.4, 0.5) is 39.5 Å². The zero-order valence-electron chi connectivity index (χ0n) is 24.7. The molecule has 1 atom stereocenters. The van der Waals surface area contributed by atoms with E-state index in [-0.39, 0.29) is 6.04 Å². The summed E-state index contributed by atoms with van der Waals surface area (Å²) >= 11 is 1.73. The molecule has 22 heteroatoms. The third-order valence-corrected chi connectivity index (χ3v) is 6.89. The molecular formula is C27H25F9N6O6S. The summed E-state index contributed by atoms with van der Waals surface area (Å²) in [7, 11) is 2.19. The molecule has 12 nitrogen and oxygen atoms in total. The zero-order chi connectivity index (χ0) is 37.2. The Morgan fingerprint density at radius 2 is 1.37 bits per heavy atom. The fraction of sp³-hybridized carbons (Fsp3) is 0.333. The van der Waals surface area contributed by atoms with Gasteiger partial charge in [-0.15, -0.1) is 11.3 Å². The number of rotatable bonds is 4. The monoisotopic (exact) mass is 732 g/mol. The first-order valence-corrected chi connectivity index (χ1v) is 14.1. The third kappa shape index (κ3) is 12.9. The minimum absolute atomic E-state index is 0.277. The van der Waals surface area contributed by atoms with Crippen LogP contribution in [0.5, 0.6) is 0 Å². The lowest BCUT2D eigenvalue weighted by atomic mass is 10.1. The van der Waals surface area contributed by atoms with Crippen LogP contribution < -0.4 is 0 Å². The van der Waals surface area contributed by atoms with E-state index in [1.54, 1.807) is 11.3 Å². The number of fused-ring (bicyclic) bond motifs is 1. The van der Waals surface area contributed by atoms with Gasteiger partial charge in [0.25, 0.3) is 0 Å². The van der Waals surface area contributed by atoms with Crippen LogP contribution >= 0.6 is 11.3 Å². The average molecular weight is 733 g/mol. The number of carboxylic acid groups (broad SMARTS) is 3. The highest BCUT2D eigenvalue weighted by molar-refractivity contribution is 7.09. The Labute approximate surface area is 273 Å². The summed E-state index contributed by atoms with van der Waals surface area (Å²) in [5.41, 5.74) is 4.38. The smallest absolute Gasteiger partial charge is 0.475 e. The second-order valence-electron chi connectivity index (χ2n) is 9.61. The number of piperazine rings is 1. The molecule has 3 N–H and O–H groups in total. The van der Waals surface area contributed by atoms with Crippen LogP contribution in [-0.4, -0.2) is 108 Å². The molecule has 5 rings (SSSR count). The van der Waals surface area contributed by atoms with Crippen LogP contribution in [-0.2, 0) is 20.9 Å². The molecule has 1 saturated heterocycles. The number of alkyl halides is 9. The van der Waals surface area contributed by atoms with Gasteiger partial charge < -0.3 is 15.3 Å². The largest absolute Gasteiger partial charge is 0.490 e. The highest BCUT2D eigenvalue weighted by atomic mass is 32.1. The van der Waals surface area contributed by atoms with Gasteiger partial charge in [-0.25, -0.2) is 24.4 Å². The van der Waals surface area contributed by atoms with E-state index in [9.17, 15) is 39.5 Å². The standard InChI is InChI=1S/C21H22N6S.3C2HF3O2/c1-25-10-11-26(15-21-23-9-12-28-21)14-19(25)17-13-27-18(3-2-4-20(27)24-17)16-5-7-22-8-6-16;3*3-2(4,5)1(6)7/h2-9,12-13,19H,10-11,14-15H2,1H3;3*(H,6,7). The predicted molar refractivity (Wildman–Crippen MR) is 152 cm³/mol. The molecule has 1 aliphatic rings. The summed E-state index contributed by atoms with van der Waals surface area (Å²) in [6, 6.07) is 10.6. The minimum Gasteiger partial charge on any atom is -0.475 e. The van der Waals surface area contributed by atoms with Crippen LogP contribution in [0.3, 0.4) is 0 Å². The average Bonchev–Trinajstić information content (AvgIpc) is 3.68. The van der Waals surface area contributed by atoms with Crippen LogP contribution in [0.15, 0.2) is 60.5 Å². The van der Waals surface area contributed by atoms with E-state index >= 15 is 0 Å². The maximum Gasteiger partial charge on any atom is 0.490 e. The van der Waals surface area contributed by atoms with Crippen molar-refractivity contribution in [3.63, 3.8) is 0 Å². The molecule has 0 bridgehead atoms. The minimum atomic E-state index is -5.08. The second kappa shape index (κ2) is 17.0. The van der Waals surface area contributed by atoms with Crippen molar-refractivity contribution >= 4 is 34.9 Å². The Kier molecular flexibility index (Phi) is 14.0. The number of nitrogens with zero attached hydrogens (tertiary/aromatic N) is 6. The zero-order valence-corrected chi connectivity index (χ0v) is 25.6. The van der Waals surface area contributed by atoms with Gasteiger partial charge in [-0.3, -0.25) is 19.2 Å². The first-order valence-electron chi connectivity index (χ1n) is 13.2. The fourth-order valence-corrected chi connectivity index (χ4v) is 4.52. The summed E-state index contributed by atoms with van der Waals surface area (Å²) in [6.45, 7) is 3.96. The topological polar surface area (TPSA) is 161 Å². The van der Waals surface area contributed by atoms with Crippen LogP contribution in [0, 0.1) is 0 Å². The molecule has 0 saturated carbocycles. The number of aromatic nitrogens is 4. The molecule has 1 fully saturated rings. The molecule has 4 aromatic heterocycles. The Hall–Kier alpha value is -4.83. The molecule has 4 aromatic rings.